The summed E-state index contributed by atoms with van der Waals surface area (Å²) in [5, 5.41) is 14.3. The Balaban J connectivity index is 2.40. The van der Waals surface area contributed by atoms with Crippen molar-refractivity contribution in [3.63, 3.8) is 0 Å². The fraction of sp³-hybridized carbons (Fsp3) is 0.200. The maximum absolute atomic E-state index is 10.6. The van der Waals surface area contributed by atoms with E-state index in [1.165, 1.54) is 12.1 Å². The SMILES string of the molecule is CCc1noc(-c2cccc([N+](=O)[O-])c2)n1. The lowest BCUT2D eigenvalue weighted by Gasteiger charge is -1.93. The molecule has 82 valence electrons. The molecular formula is C10H9N3O3. The molecule has 0 aliphatic heterocycles. The van der Waals surface area contributed by atoms with Crippen LogP contribution >= 0.6 is 0 Å². The maximum atomic E-state index is 10.6. The van der Waals surface area contributed by atoms with Crippen LogP contribution in [0, 0.1) is 10.1 Å². The van der Waals surface area contributed by atoms with Gasteiger partial charge in [0.2, 0.25) is 0 Å². The molecule has 6 heteroatoms. The summed E-state index contributed by atoms with van der Waals surface area (Å²) >= 11 is 0. The van der Waals surface area contributed by atoms with Crippen molar-refractivity contribution in [1.29, 1.82) is 0 Å². The molecule has 2 aromatic rings. The van der Waals surface area contributed by atoms with E-state index in [4.69, 9.17) is 4.52 Å². The van der Waals surface area contributed by atoms with Crippen molar-refractivity contribution in [2.45, 2.75) is 13.3 Å². The molecule has 6 nitrogen and oxygen atoms in total. The zero-order valence-corrected chi connectivity index (χ0v) is 8.58. The van der Waals surface area contributed by atoms with Gasteiger partial charge in [0, 0.05) is 24.1 Å². The molecule has 0 amide bonds. The van der Waals surface area contributed by atoms with Gasteiger partial charge < -0.3 is 4.52 Å². The third-order valence-electron chi connectivity index (χ3n) is 2.09. The van der Waals surface area contributed by atoms with Crippen molar-refractivity contribution in [2.24, 2.45) is 0 Å². The lowest BCUT2D eigenvalue weighted by molar-refractivity contribution is -0.384. The molecule has 0 fully saturated rings. The van der Waals surface area contributed by atoms with Gasteiger partial charge in [-0.25, -0.2) is 0 Å². The maximum Gasteiger partial charge on any atom is 0.270 e. The number of hydrogen-bond donors (Lipinski definition) is 0. The summed E-state index contributed by atoms with van der Waals surface area (Å²) < 4.78 is 4.99. The van der Waals surface area contributed by atoms with Gasteiger partial charge in [-0.2, -0.15) is 4.98 Å². The highest BCUT2D eigenvalue weighted by molar-refractivity contribution is 5.57. The highest BCUT2D eigenvalue weighted by atomic mass is 16.6. The Morgan fingerprint density at radius 1 is 1.50 bits per heavy atom. The first-order valence-corrected chi connectivity index (χ1v) is 4.78. The van der Waals surface area contributed by atoms with Crippen LogP contribution in [0.2, 0.25) is 0 Å². The van der Waals surface area contributed by atoms with Crippen LogP contribution in [0.5, 0.6) is 0 Å². The summed E-state index contributed by atoms with van der Waals surface area (Å²) in [6, 6.07) is 6.11. The second kappa shape index (κ2) is 4.09. The Kier molecular flexibility index (Phi) is 2.63. The van der Waals surface area contributed by atoms with Crippen LogP contribution < -0.4 is 0 Å². The fourth-order valence-corrected chi connectivity index (χ4v) is 1.27. The molecule has 0 spiro atoms. The van der Waals surface area contributed by atoms with Crippen LogP contribution in [-0.2, 0) is 6.42 Å². The highest BCUT2D eigenvalue weighted by Crippen LogP contribution is 2.22. The first kappa shape index (κ1) is 10.3. The van der Waals surface area contributed by atoms with E-state index >= 15 is 0 Å². The second-order valence-corrected chi connectivity index (χ2v) is 3.18. The van der Waals surface area contributed by atoms with E-state index in [9.17, 15) is 10.1 Å². The third kappa shape index (κ3) is 1.90. The number of benzene rings is 1. The van der Waals surface area contributed by atoms with Crippen LogP contribution in [-0.4, -0.2) is 15.1 Å². The summed E-state index contributed by atoms with van der Waals surface area (Å²) in [6.45, 7) is 1.90. The third-order valence-corrected chi connectivity index (χ3v) is 2.09. The standard InChI is InChI=1S/C10H9N3O3/c1-2-9-11-10(16-12-9)7-4-3-5-8(6-7)13(14)15/h3-6H,2H2,1H3. The first-order valence-electron chi connectivity index (χ1n) is 4.78. The van der Waals surface area contributed by atoms with Crippen LogP contribution in [0.15, 0.2) is 28.8 Å². The summed E-state index contributed by atoms with van der Waals surface area (Å²) in [4.78, 5) is 14.2. The Hall–Kier alpha value is -2.24. The number of nitro groups is 1. The van der Waals surface area contributed by atoms with E-state index in [1.54, 1.807) is 12.1 Å². The lowest BCUT2D eigenvalue weighted by atomic mass is 10.2. The molecular weight excluding hydrogens is 210 g/mol. The summed E-state index contributed by atoms with van der Waals surface area (Å²) in [6.07, 6.45) is 0.665. The van der Waals surface area contributed by atoms with Crippen molar-refractivity contribution in [1.82, 2.24) is 10.1 Å². The quantitative estimate of drug-likeness (QED) is 0.583. The fourth-order valence-electron chi connectivity index (χ4n) is 1.27. The Bertz CT molecular complexity index is 522. The minimum absolute atomic E-state index is 0.00810. The zero-order valence-electron chi connectivity index (χ0n) is 8.58. The highest BCUT2D eigenvalue weighted by Gasteiger charge is 2.11. The average molecular weight is 219 g/mol. The van der Waals surface area contributed by atoms with Crippen molar-refractivity contribution in [2.75, 3.05) is 0 Å². The topological polar surface area (TPSA) is 82.1 Å². The normalized spacial score (nSPS) is 10.3. The van der Waals surface area contributed by atoms with Gasteiger partial charge in [-0.15, -0.1) is 0 Å². The number of nitro benzene ring substituents is 1. The van der Waals surface area contributed by atoms with Crippen LogP contribution in [0.1, 0.15) is 12.7 Å². The molecule has 0 atom stereocenters. The minimum Gasteiger partial charge on any atom is -0.334 e. The molecule has 2 rings (SSSR count). The number of nitrogens with zero attached hydrogens (tertiary/aromatic N) is 3. The van der Waals surface area contributed by atoms with E-state index in [-0.39, 0.29) is 5.69 Å². The van der Waals surface area contributed by atoms with E-state index in [1.807, 2.05) is 6.92 Å². The van der Waals surface area contributed by atoms with Gasteiger partial charge >= 0.3 is 0 Å². The van der Waals surface area contributed by atoms with Crippen molar-refractivity contribution in [3.8, 4) is 11.5 Å². The molecule has 0 N–H and O–H groups in total. The molecule has 0 saturated carbocycles. The molecule has 16 heavy (non-hydrogen) atoms. The molecule has 0 aliphatic rings. The Morgan fingerprint density at radius 2 is 2.31 bits per heavy atom. The van der Waals surface area contributed by atoms with E-state index in [0.29, 0.717) is 23.7 Å². The molecule has 1 aromatic heterocycles. The molecule has 0 bridgehead atoms. The number of non-ortho nitro benzene ring substituents is 1. The lowest BCUT2D eigenvalue weighted by Crippen LogP contribution is -1.88. The minimum atomic E-state index is -0.458. The number of aryl methyl sites for hydroxylation is 1. The van der Waals surface area contributed by atoms with E-state index < -0.39 is 4.92 Å². The predicted molar refractivity (Wildman–Crippen MR) is 55.8 cm³/mol. The molecule has 0 radical (unpaired) electrons. The predicted octanol–water partition coefficient (Wildman–Crippen LogP) is 2.21. The number of hydrogen-bond acceptors (Lipinski definition) is 5. The van der Waals surface area contributed by atoms with Crippen LogP contribution in [0.25, 0.3) is 11.5 Å². The van der Waals surface area contributed by atoms with E-state index in [2.05, 4.69) is 10.1 Å². The molecule has 0 aliphatic carbocycles. The van der Waals surface area contributed by atoms with Gasteiger partial charge in [0.15, 0.2) is 5.82 Å². The number of aromatic nitrogens is 2. The van der Waals surface area contributed by atoms with Gasteiger partial charge in [0.1, 0.15) is 0 Å². The first-order chi connectivity index (χ1) is 7.70. The van der Waals surface area contributed by atoms with Crippen molar-refractivity contribution >= 4 is 5.69 Å². The Morgan fingerprint density at radius 3 is 2.94 bits per heavy atom. The largest absolute Gasteiger partial charge is 0.334 e. The smallest absolute Gasteiger partial charge is 0.270 e. The van der Waals surface area contributed by atoms with Crippen LogP contribution in [0.4, 0.5) is 5.69 Å². The Labute approximate surface area is 91.1 Å². The monoisotopic (exact) mass is 219 g/mol. The number of rotatable bonds is 3. The zero-order chi connectivity index (χ0) is 11.5. The molecule has 1 aromatic carbocycles. The van der Waals surface area contributed by atoms with Gasteiger partial charge in [-0.05, 0) is 6.07 Å². The molecule has 1 heterocycles. The van der Waals surface area contributed by atoms with Gasteiger partial charge in [0.25, 0.3) is 11.6 Å². The second-order valence-electron chi connectivity index (χ2n) is 3.18. The summed E-state index contributed by atoms with van der Waals surface area (Å²) in [7, 11) is 0. The van der Waals surface area contributed by atoms with Gasteiger partial charge in [-0.3, -0.25) is 10.1 Å². The summed E-state index contributed by atoms with van der Waals surface area (Å²) in [5.41, 5.74) is 0.565. The van der Waals surface area contributed by atoms with Crippen molar-refractivity contribution < 1.29 is 9.45 Å². The molecule has 0 unspecified atom stereocenters. The van der Waals surface area contributed by atoms with E-state index in [0.717, 1.165) is 0 Å². The summed E-state index contributed by atoms with van der Waals surface area (Å²) in [5.74, 6) is 0.891. The van der Waals surface area contributed by atoms with Crippen LogP contribution in [0.3, 0.4) is 0 Å². The molecule has 0 saturated heterocycles. The van der Waals surface area contributed by atoms with Gasteiger partial charge in [-0.1, -0.05) is 18.1 Å². The van der Waals surface area contributed by atoms with Crippen molar-refractivity contribution in [3.05, 3.63) is 40.2 Å². The van der Waals surface area contributed by atoms with Gasteiger partial charge in [0.05, 0.1) is 4.92 Å². The average Bonchev–Trinajstić information content (AvgIpc) is 2.77.